The van der Waals surface area contributed by atoms with Gasteiger partial charge in [0.05, 0.1) is 17.4 Å². The molecule has 2 aliphatic rings. The first-order valence-corrected chi connectivity index (χ1v) is 12.2. The summed E-state index contributed by atoms with van der Waals surface area (Å²) >= 11 is 0. The SMILES string of the molecule is N#Cc1ccc(N2CCN(C(=O)CCNC(=O)C[C@@H]3CCCN3c3cn[nH]c(=O)c3C(F)(F)F)CC2)nc1. The fraction of sp³-hybridized carbons (Fsp3) is 0.500. The number of nitrogens with one attached hydrogen (secondary N) is 2. The summed E-state index contributed by atoms with van der Waals surface area (Å²) in [6.45, 7) is 2.56. The van der Waals surface area contributed by atoms with Gasteiger partial charge in [0.1, 0.15) is 17.5 Å². The number of pyridine rings is 1. The van der Waals surface area contributed by atoms with Crippen LogP contribution in [0.2, 0.25) is 0 Å². The van der Waals surface area contributed by atoms with Crippen LogP contribution < -0.4 is 20.7 Å². The molecule has 0 radical (unpaired) electrons. The Kier molecular flexibility index (Phi) is 8.13. The Bertz CT molecular complexity index is 1250. The Labute approximate surface area is 216 Å². The predicted molar refractivity (Wildman–Crippen MR) is 130 cm³/mol. The first kappa shape index (κ1) is 26.9. The van der Waals surface area contributed by atoms with Gasteiger partial charge < -0.3 is 20.0 Å². The van der Waals surface area contributed by atoms with Gasteiger partial charge in [0.2, 0.25) is 11.8 Å². The Hall–Kier alpha value is -4.15. The van der Waals surface area contributed by atoms with E-state index in [-0.39, 0.29) is 43.4 Å². The maximum Gasteiger partial charge on any atom is 0.423 e. The number of aromatic amines is 1. The van der Waals surface area contributed by atoms with E-state index in [9.17, 15) is 27.6 Å². The summed E-state index contributed by atoms with van der Waals surface area (Å²) in [7, 11) is 0. The molecule has 2 N–H and O–H groups in total. The van der Waals surface area contributed by atoms with Crippen molar-refractivity contribution in [2.75, 3.05) is 49.1 Å². The van der Waals surface area contributed by atoms with Crippen molar-refractivity contribution in [2.24, 2.45) is 0 Å². The average Bonchev–Trinajstić information content (AvgIpc) is 3.35. The lowest BCUT2D eigenvalue weighted by Gasteiger charge is -2.35. The quantitative estimate of drug-likeness (QED) is 0.544. The highest BCUT2D eigenvalue weighted by molar-refractivity contribution is 5.80. The number of piperazine rings is 1. The van der Waals surface area contributed by atoms with Gasteiger partial charge in [-0.2, -0.15) is 23.5 Å². The van der Waals surface area contributed by atoms with Gasteiger partial charge in [-0.05, 0) is 25.0 Å². The highest BCUT2D eigenvalue weighted by Gasteiger charge is 2.41. The molecule has 2 fully saturated rings. The fourth-order valence-electron chi connectivity index (χ4n) is 4.82. The van der Waals surface area contributed by atoms with Crippen molar-refractivity contribution in [1.29, 1.82) is 5.26 Å². The Morgan fingerprint density at radius 1 is 1.16 bits per heavy atom. The van der Waals surface area contributed by atoms with Crippen molar-refractivity contribution in [2.45, 2.75) is 37.9 Å². The minimum Gasteiger partial charge on any atom is -0.366 e. The van der Waals surface area contributed by atoms with Gasteiger partial charge in [-0.3, -0.25) is 14.4 Å². The van der Waals surface area contributed by atoms with Gasteiger partial charge in [0, 0.05) is 64.3 Å². The maximum atomic E-state index is 13.5. The van der Waals surface area contributed by atoms with E-state index in [0.29, 0.717) is 44.6 Å². The summed E-state index contributed by atoms with van der Waals surface area (Å²) in [5, 5.41) is 16.9. The molecule has 2 aromatic rings. The lowest BCUT2D eigenvalue weighted by atomic mass is 10.1. The van der Waals surface area contributed by atoms with Crippen molar-refractivity contribution in [3.05, 3.63) is 46.0 Å². The first-order valence-electron chi connectivity index (χ1n) is 12.2. The second-order valence-corrected chi connectivity index (χ2v) is 9.14. The molecule has 38 heavy (non-hydrogen) atoms. The lowest BCUT2D eigenvalue weighted by Crippen LogP contribution is -2.49. The highest BCUT2D eigenvalue weighted by Crippen LogP contribution is 2.36. The van der Waals surface area contributed by atoms with Gasteiger partial charge in [0.15, 0.2) is 0 Å². The molecule has 0 aromatic carbocycles. The van der Waals surface area contributed by atoms with Crippen LogP contribution in [0.15, 0.2) is 29.3 Å². The number of amides is 2. The normalized spacial score (nSPS) is 17.8. The molecule has 0 saturated carbocycles. The number of hydrogen-bond acceptors (Lipinski definition) is 8. The Balaban J connectivity index is 1.24. The van der Waals surface area contributed by atoms with E-state index in [1.807, 2.05) is 16.1 Å². The van der Waals surface area contributed by atoms with E-state index in [0.717, 1.165) is 12.0 Å². The van der Waals surface area contributed by atoms with Crippen LogP contribution in [-0.4, -0.2) is 77.2 Å². The van der Waals surface area contributed by atoms with Crippen molar-refractivity contribution in [1.82, 2.24) is 25.4 Å². The first-order chi connectivity index (χ1) is 18.2. The topological polar surface area (TPSA) is 138 Å². The highest BCUT2D eigenvalue weighted by atomic mass is 19.4. The number of carbonyl (C=O) groups excluding carboxylic acids is 2. The molecule has 4 rings (SSSR count). The Morgan fingerprint density at radius 2 is 1.92 bits per heavy atom. The van der Waals surface area contributed by atoms with Crippen molar-refractivity contribution < 1.29 is 22.8 Å². The molecule has 11 nitrogen and oxygen atoms in total. The van der Waals surface area contributed by atoms with Gasteiger partial charge in [-0.1, -0.05) is 0 Å². The van der Waals surface area contributed by atoms with Crippen LogP contribution in [-0.2, 0) is 15.8 Å². The molecular formula is C24H27F3N8O3. The number of rotatable bonds is 7. The third kappa shape index (κ3) is 6.21. The van der Waals surface area contributed by atoms with Gasteiger partial charge in [0.25, 0.3) is 5.56 Å². The second-order valence-electron chi connectivity index (χ2n) is 9.14. The molecule has 2 amide bonds. The predicted octanol–water partition coefficient (Wildman–Crippen LogP) is 1.27. The number of hydrogen-bond donors (Lipinski definition) is 2. The Morgan fingerprint density at radius 3 is 2.58 bits per heavy atom. The van der Waals surface area contributed by atoms with Crippen LogP contribution in [0.4, 0.5) is 24.7 Å². The molecule has 2 saturated heterocycles. The average molecular weight is 533 g/mol. The molecule has 4 heterocycles. The zero-order chi connectivity index (χ0) is 27.3. The van der Waals surface area contributed by atoms with Gasteiger partial charge in [-0.25, -0.2) is 10.1 Å². The molecule has 0 spiro atoms. The van der Waals surface area contributed by atoms with E-state index >= 15 is 0 Å². The number of anilines is 2. The summed E-state index contributed by atoms with van der Waals surface area (Å²) in [5.74, 6) is 0.255. The summed E-state index contributed by atoms with van der Waals surface area (Å²) in [6, 6.07) is 4.97. The van der Waals surface area contributed by atoms with Crippen LogP contribution in [0.3, 0.4) is 0 Å². The van der Waals surface area contributed by atoms with Crippen LogP contribution in [0.5, 0.6) is 0 Å². The minimum atomic E-state index is -4.86. The van der Waals surface area contributed by atoms with Crippen molar-refractivity contribution >= 4 is 23.3 Å². The number of aromatic nitrogens is 3. The third-order valence-electron chi connectivity index (χ3n) is 6.72. The van der Waals surface area contributed by atoms with Crippen LogP contribution in [0.25, 0.3) is 0 Å². The number of H-pyrrole nitrogens is 1. The molecule has 0 aliphatic carbocycles. The van der Waals surface area contributed by atoms with E-state index in [1.165, 1.54) is 11.1 Å². The molecular weight excluding hydrogens is 505 g/mol. The van der Waals surface area contributed by atoms with E-state index in [2.05, 4.69) is 15.4 Å². The van der Waals surface area contributed by atoms with Gasteiger partial charge in [-0.15, -0.1) is 0 Å². The number of carbonyl (C=O) groups is 2. The minimum absolute atomic E-state index is 0.0610. The number of halogens is 3. The smallest absolute Gasteiger partial charge is 0.366 e. The van der Waals surface area contributed by atoms with Crippen molar-refractivity contribution in [3.63, 3.8) is 0 Å². The van der Waals surface area contributed by atoms with E-state index in [4.69, 9.17) is 5.26 Å². The molecule has 2 aromatic heterocycles. The number of nitriles is 1. The molecule has 0 bridgehead atoms. The largest absolute Gasteiger partial charge is 0.423 e. The molecule has 202 valence electrons. The summed E-state index contributed by atoms with van der Waals surface area (Å²) in [4.78, 5) is 46.4. The van der Waals surface area contributed by atoms with E-state index in [1.54, 1.807) is 17.0 Å². The molecule has 2 aliphatic heterocycles. The maximum absolute atomic E-state index is 13.5. The van der Waals surface area contributed by atoms with Crippen LogP contribution in [0.1, 0.15) is 36.8 Å². The monoisotopic (exact) mass is 532 g/mol. The number of alkyl halides is 3. The second kappa shape index (κ2) is 11.5. The third-order valence-corrected chi connectivity index (χ3v) is 6.72. The standard InChI is InChI=1S/C24H27F3N8O3/c25-24(26,27)22-18(15-31-32-23(22)38)35-7-1-2-17(35)12-20(36)29-6-5-21(37)34-10-8-33(9-11-34)19-4-3-16(13-28)14-30-19/h3-4,14-15,17H,1-2,5-12H2,(H,29,36)(H,32,38)/t17-/m0/s1. The van der Waals surface area contributed by atoms with E-state index < -0.39 is 23.3 Å². The zero-order valence-corrected chi connectivity index (χ0v) is 20.5. The summed E-state index contributed by atoms with van der Waals surface area (Å²) in [5.41, 5.74) is -2.50. The zero-order valence-electron chi connectivity index (χ0n) is 20.5. The molecule has 1 atom stereocenters. The summed E-state index contributed by atoms with van der Waals surface area (Å²) in [6.07, 6.45) is -1.27. The summed E-state index contributed by atoms with van der Waals surface area (Å²) < 4.78 is 40.4. The van der Waals surface area contributed by atoms with Crippen molar-refractivity contribution in [3.8, 4) is 6.07 Å². The number of nitrogens with zero attached hydrogens (tertiary/aromatic N) is 6. The van der Waals surface area contributed by atoms with Crippen LogP contribution >= 0.6 is 0 Å². The molecule has 14 heteroatoms. The lowest BCUT2D eigenvalue weighted by molar-refractivity contribution is -0.138. The van der Waals surface area contributed by atoms with Crippen LogP contribution in [0, 0.1) is 11.3 Å². The van der Waals surface area contributed by atoms with Gasteiger partial charge >= 0.3 is 6.18 Å². The molecule has 0 unspecified atom stereocenters. The fourth-order valence-corrected chi connectivity index (χ4v) is 4.82.